The van der Waals surface area contributed by atoms with E-state index in [1.807, 2.05) is 41.5 Å². The van der Waals surface area contributed by atoms with Crippen molar-refractivity contribution in [3.05, 3.63) is 0 Å². The summed E-state index contributed by atoms with van der Waals surface area (Å²) in [6, 6.07) is -4.35. The number of rotatable bonds is 10. The highest BCUT2D eigenvalue weighted by molar-refractivity contribution is 6.37. The number of primary amides is 1. The summed E-state index contributed by atoms with van der Waals surface area (Å²) in [6.07, 6.45) is 5.48. The summed E-state index contributed by atoms with van der Waals surface area (Å²) in [7, 11) is 0. The van der Waals surface area contributed by atoms with E-state index in [9.17, 15) is 28.8 Å². The molecule has 5 atom stereocenters. The number of nitrogens with zero attached hydrogens (tertiary/aromatic N) is 2. The first kappa shape index (κ1) is 34.3. The summed E-state index contributed by atoms with van der Waals surface area (Å²) in [5.41, 5.74) is 4.32. The van der Waals surface area contributed by atoms with Gasteiger partial charge in [0.25, 0.3) is 5.91 Å². The van der Waals surface area contributed by atoms with Gasteiger partial charge in [0.15, 0.2) is 0 Å². The lowest BCUT2D eigenvalue weighted by atomic mass is 9.79. The second kappa shape index (κ2) is 13.6. The van der Waals surface area contributed by atoms with Gasteiger partial charge in [-0.2, -0.15) is 0 Å². The van der Waals surface area contributed by atoms with Gasteiger partial charge in [-0.05, 0) is 61.7 Å². The van der Waals surface area contributed by atoms with Crippen molar-refractivity contribution >= 4 is 35.4 Å². The quantitative estimate of drug-likeness (QED) is 0.277. The van der Waals surface area contributed by atoms with Crippen LogP contribution in [0.1, 0.15) is 93.4 Å². The minimum Gasteiger partial charge on any atom is -0.363 e. The third kappa shape index (κ3) is 9.15. The molecule has 3 rings (SSSR count). The fourth-order valence-electron chi connectivity index (χ4n) is 5.95. The van der Waals surface area contributed by atoms with Crippen LogP contribution in [0, 0.1) is 22.7 Å². The van der Waals surface area contributed by atoms with E-state index >= 15 is 0 Å². The SMILES string of the molecule is CC(NC(=O)NC(C(=O)N1CC(C(C)(C)C)CC1C(=O)NC(CC1CC1)C(=O)C(N)=O)C(C)(C)C)C(=O)N1CCCCC1. The molecule has 0 aromatic carbocycles. The van der Waals surface area contributed by atoms with Crippen molar-refractivity contribution in [2.45, 2.75) is 118 Å². The predicted octanol–water partition coefficient (Wildman–Crippen LogP) is 1.70. The van der Waals surface area contributed by atoms with Crippen molar-refractivity contribution in [3.63, 3.8) is 0 Å². The summed E-state index contributed by atoms with van der Waals surface area (Å²) in [4.78, 5) is 81.3. The molecule has 3 aliphatic rings. The summed E-state index contributed by atoms with van der Waals surface area (Å²) in [5, 5.41) is 8.21. The fraction of sp³-hybridized carbons (Fsp3) is 0.806. The number of carbonyl (C=O) groups excluding carboxylic acids is 6. The number of amides is 6. The summed E-state index contributed by atoms with van der Waals surface area (Å²) < 4.78 is 0. The molecule has 0 radical (unpaired) electrons. The van der Waals surface area contributed by atoms with Crippen molar-refractivity contribution in [2.75, 3.05) is 19.6 Å². The van der Waals surface area contributed by atoms with Crippen LogP contribution in [0.2, 0.25) is 0 Å². The minimum absolute atomic E-state index is 0.0300. The van der Waals surface area contributed by atoms with Crippen molar-refractivity contribution in [1.29, 1.82) is 0 Å². The van der Waals surface area contributed by atoms with Crippen LogP contribution < -0.4 is 21.7 Å². The van der Waals surface area contributed by atoms with Crippen molar-refractivity contribution in [3.8, 4) is 0 Å². The van der Waals surface area contributed by atoms with Gasteiger partial charge in [-0.3, -0.25) is 24.0 Å². The average Bonchev–Trinajstić information content (AvgIpc) is 3.61. The number of nitrogens with one attached hydrogen (secondary N) is 3. The van der Waals surface area contributed by atoms with Crippen molar-refractivity contribution in [2.24, 2.45) is 28.4 Å². The highest BCUT2D eigenvalue weighted by Gasteiger charge is 2.48. The molecule has 3 fully saturated rings. The zero-order valence-electron chi connectivity index (χ0n) is 27.0. The van der Waals surface area contributed by atoms with Crippen molar-refractivity contribution < 1.29 is 28.8 Å². The normalized spacial score (nSPS) is 23.1. The molecule has 43 heavy (non-hydrogen) atoms. The zero-order chi connectivity index (χ0) is 32.3. The van der Waals surface area contributed by atoms with E-state index in [1.165, 1.54) is 4.90 Å². The molecule has 0 aromatic heterocycles. The standard InChI is InChI=1S/C31H52N6O6/c1-18(27(41)36-13-9-8-10-14-36)33-29(43)35-24(31(5,6)7)28(42)37-17-20(30(2,3)4)16-22(37)26(40)34-21(15-19-11-12-19)23(38)25(32)39/h18-22,24H,8-17H2,1-7H3,(H2,32,39)(H,34,40)(H2,33,35,43). The van der Waals surface area contributed by atoms with E-state index in [4.69, 9.17) is 5.73 Å². The number of carbonyl (C=O) groups is 6. The largest absolute Gasteiger partial charge is 0.363 e. The lowest BCUT2D eigenvalue weighted by Gasteiger charge is -2.36. The van der Waals surface area contributed by atoms with Gasteiger partial charge in [0.1, 0.15) is 18.1 Å². The molecular weight excluding hydrogens is 552 g/mol. The smallest absolute Gasteiger partial charge is 0.316 e. The molecule has 5 unspecified atom stereocenters. The Morgan fingerprint density at radius 1 is 0.860 bits per heavy atom. The molecule has 2 saturated heterocycles. The summed E-state index contributed by atoms with van der Waals surface area (Å²) >= 11 is 0. The van der Waals surface area contributed by atoms with Crippen LogP contribution in [0.25, 0.3) is 0 Å². The number of urea groups is 1. The third-order valence-corrected chi connectivity index (χ3v) is 9.03. The van der Waals surface area contributed by atoms with Gasteiger partial charge in [0.2, 0.25) is 23.5 Å². The monoisotopic (exact) mass is 604 g/mol. The molecule has 1 saturated carbocycles. The van der Waals surface area contributed by atoms with Gasteiger partial charge >= 0.3 is 6.03 Å². The summed E-state index contributed by atoms with van der Waals surface area (Å²) in [5.74, 6) is -2.84. The number of Topliss-reactive ketones (excluding diaryl/α,β-unsaturated/α-hetero) is 1. The van der Waals surface area contributed by atoms with E-state index in [1.54, 1.807) is 11.8 Å². The first-order valence-corrected chi connectivity index (χ1v) is 15.7. The molecule has 0 aromatic rings. The maximum atomic E-state index is 14.2. The van der Waals surface area contributed by atoms with Gasteiger partial charge in [-0.15, -0.1) is 0 Å². The lowest BCUT2D eigenvalue weighted by molar-refractivity contribution is -0.143. The number of piperidine rings is 1. The molecule has 0 spiro atoms. The Morgan fingerprint density at radius 2 is 1.47 bits per heavy atom. The summed E-state index contributed by atoms with van der Waals surface area (Å²) in [6.45, 7) is 14.8. The second-order valence-electron chi connectivity index (χ2n) is 14.8. The Hall–Kier alpha value is -3.18. The first-order valence-electron chi connectivity index (χ1n) is 15.7. The molecule has 2 aliphatic heterocycles. The number of nitrogens with two attached hydrogens (primary N) is 1. The number of likely N-dealkylation sites (tertiary alicyclic amines) is 2. The predicted molar refractivity (Wildman–Crippen MR) is 161 cm³/mol. The van der Waals surface area contributed by atoms with Crippen LogP contribution in [-0.4, -0.2) is 89.0 Å². The Kier molecular flexibility index (Phi) is 10.9. The van der Waals surface area contributed by atoms with E-state index < -0.39 is 59.1 Å². The first-order chi connectivity index (χ1) is 19.9. The van der Waals surface area contributed by atoms with E-state index in [0.717, 1.165) is 32.1 Å². The van der Waals surface area contributed by atoms with Gasteiger partial charge in [-0.1, -0.05) is 54.4 Å². The minimum atomic E-state index is -1.10. The van der Waals surface area contributed by atoms with Gasteiger partial charge < -0.3 is 31.5 Å². The average molecular weight is 605 g/mol. The molecule has 12 nitrogen and oxygen atoms in total. The van der Waals surface area contributed by atoms with Gasteiger partial charge in [0.05, 0.1) is 6.04 Å². The maximum absolute atomic E-state index is 14.2. The highest BCUT2D eigenvalue weighted by Crippen LogP contribution is 2.38. The molecule has 0 bridgehead atoms. The van der Waals surface area contributed by atoms with E-state index in [-0.39, 0.29) is 29.7 Å². The number of ketones is 1. The molecule has 6 amide bonds. The highest BCUT2D eigenvalue weighted by atomic mass is 16.2. The fourth-order valence-corrected chi connectivity index (χ4v) is 5.95. The number of hydrogen-bond donors (Lipinski definition) is 4. The van der Waals surface area contributed by atoms with Crippen LogP contribution in [0.4, 0.5) is 4.79 Å². The van der Waals surface area contributed by atoms with Crippen LogP contribution in [0.3, 0.4) is 0 Å². The molecule has 12 heteroatoms. The van der Waals surface area contributed by atoms with Gasteiger partial charge in [0, 0.05) is 19.6 Å². The van der Waals surface area contributed by atoms with E-state index in [2.05, 4.69) is 16.0 Å². The molecule has 2 heterocycles. The topological polar surface area (TPSA) is 171 Å². The Balaban J connectivity index is 1.78. The Morgan fingerprint density at radius 3 is 1.98 bits per heavy atom. The molecular formula is C31H52N6O6. The Labute approximate surface area is 255 Å². The Bertz CT molecular complexity index is 1090. The van der Waals surface area contributed by atoms with Gasteiger partial charge in [-0.25, -0.2) is 4.79 Å². The van der Waals surface area contributed by atoms with Crippen LogP contribution >= 0.6 is 0 Å². The lowest BCUT2D eigenvalue weighted by Crippen LogP contribution is -2.61. The van der Waals surface area contributed by atoms with Crippen LogP contribution in [0.5, 0.6) is 0 Å². The number of hydrogen-bond acceptors (Lipinski definition) is 6. The third-order valence-electron chi connectivity index (χ3n) is 9.03. The van der Waals surface area contributed by atoms with E-state index in [0.29, 0.717) is 25.9 Å². The molecule has 242 valence electrons. The van der Waals surface area contributed by atoms with Crippen LogP contribution in [0.15, 0.2) is 0 Å². The maximum Gasteiger partial charge on any atom is 0.316 e. The molecule has 5 N–H and O–H groups in total. The zero-order valence-corrected chi connectivity index (χ0v) is 27.0. The van der Waals surface area contributed by atoms with Crippen molar-refractivity contribution in [1.82, 2.24) is 25.8 Å². The molecule has 1 aliphatic carbocycles. The second-order valence-corrected chi connectivity index (χ2v) is 14.8. The van der Waals surface area contributed by atoms with Crippen LogP contribution in [-0.2, 0) is 24.0 Å².